The van der Waals surface area contributed by atoms with Crippen molar-refractivity contribution in [3.8, 4) is 5.00 Å². The van der Waals surface area contributed by atoms with Crippen LogP contribution in [0.5, 0.6) is 0 Å². The number of thiophene rings is 1. The van der Waals surface area contributed by atoms with Crippen molar-refractivity contribution in [1.29, 1.82) is 0 Å². The zero-order chi connectivity index (χ0) is 24.9. The number of imide groups is 2. The number of anilines is 1. The molecule has 0 spiro atoms. The molecule has 3 aromatic rings. The molecular weight excluding hydrogens is 466 g/mol. The average molecular weight is 490 g/mol. The molecule has 1 aromatic carbocycles. The molecule has 5 rings (SSSR count). The number of carbonyl (C=O) groups excluding carboxylic acids is 3. The van der Waals surface area contributed by atoms with Crippen molar-refractivity contribution >= 4 is 46.9 Å². The van der Waals surface area contributed by atoms with E-state index in [2.05, 4.69) is 5.32 Å². The van der Waals surface area contributed by atoms with Gasteiger partial charge in [0, 0.05) is 16.3 Å². The molecule has 1 saturated heterocycles. The minimum Gasteiger partial charge on any atom is -0.478 e. The first-order valence-electron chi connectivity index (χ1n) is 11.3. The Morgan fingerprint density at radius 3 is 2.51 bits per heavy atom. The van der Waals surface area contributed by atoms with Crippen LogP contribution >= 0.6 is 11.3 Å². The lowest BCUT2D eigenvalue weighted by Crippen LogP contribution is -2.54. The first-order chi connectivity index (χ1) is 16.8. The topological polar surface area (TPSA) is 109 Å². The van der Waals surface area contributed by atoms with Crippen LogP contribution in [0.15, 0.2) is 42.0 Å². The van der Waals surface area contributed by atoms with E-state index >= 15 is 0 Å². The Bertz CT molecular complexity index is 1430. The fraction of sp³-hybridized carbons (Fsp3) is 0.231. The number of fused-ring (bicyclic) bond motifs is 1. The van der Waals surface area contributed by atoms with Gasteiger partial charge in [-0.25, -0.2) is 14.5 Å². The summed E-state index contributed by atoms with van der Waals surface area (Å²) in [6.07, 6.45) is 5.10. The van der Waals surface area contributed by atoms with E-state index in [4.69, 9.17) is 0 Å². The number of para-hydroxylation sites is 1. The number of rotatable bonds is 4. The number of aryl methyl sites for hydroxylation is 2. The molecule has 1 fully saturated rings. The molecule has 9 heteroatoms. The second-order valence-corrected chi connectivity index (χ2v) is 9.74. The molecule has 0 atom stereocenters. The number of amides is 4. The lowest BCUT2D eigenvalue weighted by molar-refractivity contribution is -0.122. The number of hydrogen-bond donors (Lipinski definition) is 2. The summed E-state index contributed by atoms with van der Waals surface area (Å²) in [6.45, 7) is 3.69. The van der Waals surface area contributed by atoms with Gasteiger partial charge in [-0.1, -0.05) is 18.2 Å². The van der Waals surface area contributed by atoms with Crippen LogP contribution in [0.1, 0.15) is 50.6 Å². The van der Waals surface area contributed by atoms with E-state index in [0.717, 1.165) is 46.7 Å². The minimum atomic E-state index is -0.953. The van der Waals surface area contributed by atoms with E-state index in [1.54, 1.807) is 30.3 Å². The molecule has 0 bridgehead atoms. The summed E-state index contributed by atoms with van der Waals surface area (Å²) in [6, 6.07) is 9.40. The van der Waals surface area contributed by atoms with Gasteiger partial charge in [0.2, 0.25) is 0 Å². The lowest BCUT2D eigenvalue weighted by Gasteiger charge is -2.26. The number of urea groups is 1. The maximum absolute atomic E-state index is 13.2. The lowest BCUT2D eigenvalue weighted by atomic mass is 9.95. The predicted octanol–water partition coefficient (Wildman–Crippen LogP) is 4.40. The zero-order valence-corrected chi connectivity index (χ0v) is 20.1. The van der Waals surface area contributed by atoms with Crippen LogP contribution in [0.3, 0.4) is 0 Å². The van der Waals surface area contributed by atoms with E-state index in [1.807, 2.05) is 24.5 Å². The molecule has 4 amide bonds. The van der Waals surface area contributed by atoms with Crippen molar-refractivity contribution in [1.82, 2.24) is 9.88 Å². The van der Waals surface area contributed by atoms with Crippen LogP contribution in [0, 0.1) is 13.8 Å². The number of hydrogen-bond acceptors (Lipinski definition) is 5. The zero-order valence-electron chi connectivity index (χ0n) is 19.3. The Balaban J connectivity index is 1.60. The standard InChI is InChI=1S/C26H23N3O5S/c1-14-12-16(13-19-22(30)27-26(34)29(23(19)31)17-8-4-3-5-9-17)15(2)28(14)24-21(25(32)33)18-10-6-7-11-20(18)35-24/h3-5,8-9,12-13H,6-7,10-11H2,1-2H3,(H,32,33)(H,27,30,34). The third-order valence-corrected chi connectivity index (χ3v) is 7.73. The van der Waals surface area contributed by atoms with E-state index < -0.39 is 23.8 Å². The highest BCUT2D eigenvalue weighted by Crippen LogP contribution is 2.39. The molecule has 2 aliphatic rings. The molecule has 1 aliphatic carbocycles. The third kappa shape index (κ3) is 3.77. The number of aromatic carboxylic acids is 1. The van der Waals surface area contributed by atoms with Crippen LogP contribution in [-0.4, -0.2) is 33.5 Å². The summed E-state index contributed by atoms with van der Waals surface area (Å²) in [4.78, 5) is 52.5. The van der Waals surface area contributed by atoms with Gasteiger partial charge in [-0.2, -0.15) is 0 Å². The Morgan fingerprint density at radius 2 is 1.80 bits per heavy atom. The first kappa shape index (κ1) is 22.8. The molecule has 0 unspecified atom stereocenters. The number of carbonyl (C=O) groups is 4. The fourth-order valence-corrected chi connectivity index (χ4v) is 6.29. The third-order valence-electron chi connectivity index (χ3n) is 6.46. The predicted molar refractivity (Wildman–Crippen MR) is 132 cm³/mol. The highest BCUT2D eigenvalue weighted by Gasteiger charge is 2.37. The summed E-state index contributed by atoms with van der Waals surface area (Å²) in [5.41, 5.74) is 3.53. The molecule has 35 heavy (non-hydrogen) atoms. The SMILES string of the molecule is Cc1cc(C=C2C(=O)NC(=O)N(c3ccccc3)C2=O)c(C)n1-c1sc2c(c1C(=O)O)CCCC2. The van der Waals surface area contributed by atoms with Gasteiger partial charge < -0.3 is 9.67 Å². The summed E-state index contributed by atoms with van der Waals surface area (Å²) < 4.78 is 1.88. The minimum absolute atomic E-state index is 0.169. The smallest absolute Gasteiger partial charge is 0.339 e. The molecule has 3 heterocycles. The molecule has 2 aromatic heterocycles. The van der Waals surface area contributed by atoms with Gasteiger partial charge in [-0.05, 0) is 74.9 Å². The second-order valence-electron chi connectivity index (χ2n) is 8.65. The van der Waals surface area contributed by atoms with E-state index in [-0.39, 0.29) is 5.57 Å². The number of barbiturate groups is 1. The quantitative estimate of drug-likeness (QED) is 0.417. The molecule has 2 N–H and O–H groups in total. The van der Waals surface area contributed by atoms with Crippen LogP contribution in [0.25, 0.3) is 11.1 Å². The second kappa shape index (κ2) is 8.66. The van der Waals surface area contributed by atoms with Crippen molar-refractivity contribution in [3.63, 3.8) is 0 Å². The molecule has 0 saturated carbocycles. The molecule has 1 aliphatic heterocycles. The maximum Gasteiger partial charge on any atom is 0.339 e. The molecule has 178 valence electrons. The van der Waals surface area contributed by atoms with Crippen molar-refractivity contribution in [2.45, 2.75) is 39.5 Å². The van der Waals surface area contributed by atoms with Gasteiger partial charge in [-0.15, -0.1) is 11.3 Å². The van der Waals surface area contributed by atoms with Crippen LogP contribution < -0.4 is 10.2 Å². The number of carboxylic acid groups (broad SMARTS) is 1. The van der Waals surface area contributed by atoms with Gasteiger partial charge in [0.05, 0.1) is 11.3 Å². The van der Waals surface area contributed by atoms with Crippen molar-refractivity contribution in [2.75, 3.05) is 4.90 Å². The van der Waals surface area contributed by atoms with E-state index in [0.29, 0.717) is 27.5 Å². The highest BCUT2D eigenvalue weighted by atomic mass is 32.1. The summed E-state index contributed by atoms with van der Waals surface area (Å²) in [5, 5.41) is 12.9. The number of aromatic nitrogens is 1. The Labute approximate surface area is 205 Å². The Kier molecular flexibility index (Phi) is 5.64. The molecular formula is C26H23N3O5S. The molecule has 8 nitrogen and oxygen atoms in total. The number of nitrogens with zero attached hydrogens (tertiary/aromatic N) is 2. The van der Waals surface area contributed by atoms with Gasteiger partial charge in [-0.3, -0.25) is 14.9 Å². The van der Waals surface area contributed by atoms with Crippen molar-refractivity contribution < 1.29 is 24.3 Å². The maximum atomic E-state index is 13.2. The fourth-order valence-electron chi connectivity index (χ4n) is 4.80. The van der Waals surface area contributed by atoms with Crippen LogP contribution in [0.4, 0.5) is 10.5 Å². The Morgan fingerprint density at radius 1 is 1.09 bits per heavy atom. The number of nitrogens with one attached hydrogen (secondary N) is 1. The largest absolute Gasteiger partial charge is 0.478 e. The summed E-state index contributed by atoms with van der Waals surface area (Å²) in [7, 11) is 0. The number of benzene rings is 1. The Hall–Kier alpha value is -3.98. The van der Waals surface area contributed by atoms with Gasteiger partial charge in [0.1, 0.15) is 10.6 Å². The molecule has 0 radical (unpaired) electrons. The van der Waals surface area contributed by atoms with E-state index in [9.17, 15) is 24.3 Å². The monoisotopic (exact) mass is 489 g/mol. The summed E-state index contributed by atoms with van der Waals surface area (Å²) >= 11 is 1.49. The highest BCUT2D eigenvalue weighted by molar-refractivity contribution is 7.15. The summed E-state index contributed by atoms with van der Waals surface area (Å²) in [5.74, 6) is -2.44. The average Bonchev–Trinajstić information content (AvgIpc) is 3.33. The van der Waals surface area contributed by atoms with Crippen molar-refractivity contribution in [3.05, 3.63) is 74.9 Å². The number of carboxylic acids is 1. The van der Waals surface area contributed by atoms with Crippen LogP contribution in [-0.2, 0) is 22.4 Å². The van der Waals surface area contributed by atoms with Gasteiger partial charge >= 0.3 is 12.0 Å². The van der Waals surface area contributed by atoms with Crippen LogP contribution in [0.2, 0.25) is 0 Å². The van der Waals surface area contributed by atoms with Gasteiger partial charge in [0.25, 0.3) is 11.8 Å². The normalized spacial score (nSPS) is 17.0. The van der Waals surface area contributed by atoms with Gasteiger partial charge in [0.15, 0.2) is 0 Å². The van der Waals surface area contributed by atoms with Crippen molar-refractivity contribution in [2.24, 2.45) is 0 Å². The first-order valence-corrected chi connectivity index (χ1v) is 12.1. The van der Waals surface area contributed by atoms with E-state index in [1.165, 1.54) is 17.4 Å².